The van der Waals surface area contributed by atoms with Gasteiger partial charge in [0.2, 0.25) is 0 Å². The number of hydrogen-bond acceptors (Lipinski definition) is 3. The van der Waals surface area contributed by atoms with Crippen molar-refractivity contribution in [2.24, 2.45) is 5.41 Å². The number of aliphatic hydroxyl groups is 1. The van der Waals surface area contributed by atoms with Crippen LogP contribution in [0.3, 0.4) is 0 Å². The summed E-state index contributed by atoms with van der Waals surface area (Å²) in [6.07, 6.45) is 1.15. The van der Waals surface area contributed by atoms with Gasteiger partial charge in [0.05, 0.1) is 12.7 Å². The van der Waals surface area contributed by atoms with Crippen molar-refractivity contribution in [3.05, 3.63) is 0 Å². The van der Waals surface area contributed by atoms with Crippen molar-refractivity contribution >= 4 is 0 Å². The number of hydrogen-bond donors (Lipinski definition) is 2. The number of ether oxygens (including phenoxy) is 1. The van der Waals surface area contributed by atoms with Crippen LogP contribution in [0.4, 0.5) is 0 Å². The molecule has 86 valence electrons. The van der Waals surface area contributed by atoms with E-state index in [2.05, 4.69) is 19.2 Å². The second kappa shape index (κ2) is 7.21. The van der Waals surface area contributed by atoms with Gasteiger partial charge < -0.3 is 15.2 Å². The van der Waals surface area contributed by atoms with E-state index in [1.54, 1.807) is 0 Å². The van der Waals surface area contributed by atoms with Crippen molar-refractivity contribution in [3.8, 4) is 0 Å². The third-order valence-electron chi connectivity index (χ3n) is 2.12. The molecule has 0 aliphatic heterocycles. The average Bonchev–Trinajstić information content (AvgIpc) is 2.02. The molecule has 3 nitrogen and oxygen atoms in total. The van der Waals surface area contributed by atoms with Gasteiger partial charge in [-0.3, -0.25) is 0 Å². The molecule has 0 rings (SSSR count). The molecule has 0 aliphatic carbocycles. The van der Waals surface area contributed by atoms with Gasteiger partial charge in [-0.1, -0.05) is 13.8 Å². The molecule has 0 aromatic rings. The molecule has 0 heterocycles. The summed E-state index contributed by atoms with van der Waals surface area (Å²) in [5.74, 6) is 0. The van der Waals surface area contributed by atoms with E-state index in [1.165, 1.54) is 0 Å². The van der Waals surface area contributed by atoms with Crippen LogP contribution in [0.1, 0.15) is 34.1 Å². The van der Waals surface area contributed by atoms with Gasteiger partial charge in [-0.25, -0.2) is 0 Å². The first-order valence-electron chi connectivity index (χ1n) is 5.41. The first kappa shape index (κ1) is 13.9. The van der Waals surface area contributed by atoms with Crippen LogP contribution < -0.4 is 5.32 Å². The Morgan fingerprint density at radius 1 is 1.36 bits per heavy atom. The molecule has 0 fully saturated rings. The number of aliphatic hydroxyl groups excluding tert-OH is 1. The zero-order valence-electron chi connectivity index (χ0n) is 9.97. The fraction of sp³-hybridized carbons (Fsp3) is 1.00. The maximum atomic E-state index is 8.82. The predicted octanol–water partition coefficient (Wildman–Crippen LogP) is 1.41. The Labute approximate surface area is 87.8 Å². The molecule has 0 saturated heterocycles. The Kier molecular flexibility index (Phi) is 7.15. The van der Waals surface area contributed by atoms with Crippen LogP contribution in [0.15, 0.2) is 0 Å². The van der Waals surface area contributed by atoms with E-state index < -0.39 is 0 Å². The summed E-state index contributed by atoms with van der Waals surface area (Å²) in [5, 5.41) is 12.2. The average molecular weight is 203 g/mol. The number of rotatable bonds is 8. The van der Waals surface area contributed by atoms with Crippen LogP contribution in [0.25, 0.3) is 0 Å². The maximum absolute atomic E-state index is 8.82. The van der Waals surface area contributed by atoms with Crippen LogP contribution >= 0.6 is 0 Å². The second-order valence-corrected chi connectivity index (χ2v) is 4.73. The lowest BCUT2D eigenvalue weighted by molar-refractivity contribution is 0.0789. The standard InChI is InChI=1S/C11H25NO2/c1-10(2)14-8-6-12-9-11(3,4)5-7-13/h10,12-13H,5-9H2,1-4H3. The lowest BCUT2D eigenvalue weighted by Crippen LogP contribution is -2.32. The molecule has 0 bridgehead atoms. The highest BCUT2D eigenvalue weighted by Crippen LogP contribution is 2.17. The third kappa shape index (κ3) is 8.48. The van der Waals surface area contributed by atoms with Gasteiger partial charge in [-0.2, -0.15) is 0 Å². The Bertz CT molecular complexity index is 135. The van der Waals surface area contributed by atoms with Crippen molar-refractivity contribution in [2.75, 3.05) is 26.3 Å². The fourth-order valence-corrected chi connectivity index (χ4v) is 1.18. The van der Waals surface area contributed by atoms with Gasteiger partial charge in [0.15, 0.2) is 0 Å². The van der Waals surface area contributed by atoms with Crippen molar-refractivity contribution in [1.82, 2.24) is 5.32 Å². The van der Waals surface area contributed by atoms with E-state index in [0.717, 1.165) is 26.1 Å². The Morgan fingerprint density at radius 3 is 2.50 bits per heavy atom. The van der Waals surface area contributed by atoms with Crippen LogP contribution in [0.5, 0.6) is 0 Å². The second-order valence-electron chi connectivity index (χ2n) is 4.73. The molecule has 0 aromatic carbocycles. The highest BCUT2D eigenvalue weighted by Gasteiger charge is 2.15. The van der Waals surface area contributed by atoms with Crippen LogP contribution in [-0.4, -0.2) is 37.5 Å². The Balaban J connectivity index is 3.34. The van der Waals surface area contributed by atoms with Gasteiger partial charge in [0, 0.05) is 19.7 Å². The Morgan fingerprint density at radius 2 is 2.00 bits per heavy atom. The summed E-state index contributed by atoms with van der Waals surface area (Å²) >= 11 is 0. The van der Waals surface area contributed by atoms with Crippen molar-refractivity contribution < 1.29 is 9.84 Å². The molecule has 0 spiro atoms. The summed E-state index contributed by atoms with van der Waals surface area (Å²) in [6.45, 7) is 11.2. The van der Waals surface area contributed by atoms with Gasteiger partial charge in [0.1, 0.15) is 0 Å². The molecule has 0 saturated carbocycles. The fourth-order valence-electron chi connectivity index (χ4n) is 1.18. The van der Waals surface area contributed by atoms with E-state index in [4.69, 9.17) is 9.84 Å². The molecule has 14 heavy (non-hydrogen) atoms. The molecule has 0 aliphatic rings. The predicted molar refractivity (Wildman–Crippen MR) is 59.4 cm³/mol. The first-order valence-corrected chi connectivity index (χ1v) is 5.41. The summed E-state index contributed by atoms with van der Waals surface area (Å²) in [7, 11) is 0. The normalized spacial score (nSPS) is 12.4. The van der Waals surface area contributed by atoms with Gasteiger partial charge in [-0.15, -0.1) is 0 Å². The lowest BCUT2D eigenvalue weighted by atomic mass is 9.90. The monoisotopic (exact) mass is 203 g/mol. The molecule has 2 N–H and O–H groups in total. The van der Waals surface area contributed by atoms with E-state index in [9.17, 15) is 0 Å². The topological polar surface area (TPSA) is 41.5 Å². The van der Waals surface area contributed by atoms with E-state index in [-0.39, 0.29) is 12.0 Å². The van der Waals surface area contributed by atoms with Gasteiger partial charge >= 0.3 is 0 Å². The molecular weight excluding hydrogens is 178 g/mol. The minimum atomic E-state index is 0.173. The van der Waals surface area contributed by atoms with Gasteiger partial charge in [-0.05, 0) is 25.7 Å². The lowest BCUT2D eigenvalue weighted by Gasteiger charge is -2.24. The summed E-state index contributed by atoms with van der Waals surface area (Å²) in [6, 6.07) is 0. The van der Waals surface area contributed by atoms with E-state index >= 15 is 0 Å². The third-order valence-corrected chi connectivity index (χ3v) is 2.12. The largest absolute Gasteiger partial charge is 0.396 e. The minimum absolute atomic E-state index is 0.173. The zero-order chi connectivity index (χ0) is 11.0. The molecule has 0 amide bonds. The molecule has 3 heteroatoms. The maximum Gasteiger partial charge on any atom is 0.0594 e. The highest BCUT2D eigenvalue weighted by atomic mass is 16.5. The van der Waals surface area contributed by atoms with Crippen LogP contribution in [0, 0.1) is 5.41 Å². The summed E-state index contributed by atoms with van der Waals surface area (Å²) < 4.78 is 5.40. The molecule has 0 atom stereocenters. The minimum Gasteiger partial charge on any atom is -0.396 e. The SMILES string of the molecule is CC(C)OCCNCC(C)(C)CCO. The first-order chi connectivity index (χ1) is 6.48. The van der Waals surface area contributed by atoms with Gasteiger partial charge in [0.25, 0.3) is 0 Å². The highest BCUT2D eigenvalue weighted by molar-refractivity contribution is 4.70. The smallest absolute Gasteiger partial charge is 0.0594 e. The van der Waals surface area contributed by atoms with Crippen molar-refractivity contribution in [2.45, 2.75) is 40.2 Å². The van der Waals surface area contributed by atoms with Crippen LogP contribution in [0.2, 0.25) is 0 Å². The number of nitrogens with one attached hydrogen (secondary N) is 1. The zero-order valence-corrected chi connectivity index (χ0v) is 9.97. The van der Waals surface area contributed by atoms with Crippen molar-refractivity contribution in [1.29, 1.82) is 0 Å². The molecule has 0 radical (unpaired) electrons. The molecular formula is C11H25NO2. The van der Waals surface area contributed by atoms with Crippen LogP contribution in [-0.2, 0) is 4.74 Å². The molecule has 0 aromatic heterocycles. The van der Waals surface area contributed by atoms with E-state index in [0.29, 0.717) is 6.10 Å². The Hall–Kier alpha value is -0.120. The quantitative estimate of drug-likeness (QED) is 0.586. The summed E-state index contributed by atoms with van der Waals surface area (Å²) in [4.78, 5) is 0. The molecule has 0 unspecified atom stereocenters. The van der Waals surface area contributed by atoms with E-state index in [1.807, 2.05) is 13.8 Å². The van der Waals surface area contributed by atoms with Crippen molar-refractivity contribution in [3.63, 3.8) is 0 Å². The summed E-state index contributed by atoms with van der Waals surface area (Å²) in [5.41, 5.74) is 0.173.